The highest BCUT2D eigenvalue weighted by Crippen LogP contribution is 2.16. The Balaban J connectivity index is 0.00000256. The molecule has 0 radical (unpaired) electrons. The molecule has 160 valence electrons. The third-order valence-corrected chi connectivity index (χ3v) is 5.48. The zero-order valence-electron chi connectivity index (χ0n) is 16.8. The summed E-state index contributed by atoms with van der Waals surface area (Å²) in [5.41, 5.74) is 1.72. The molecule has 2 saturated heterocycles. The van der Waals surface area contributed by atoms with E-state index in [0.29, 0.717) is 25.5 Å². The van der Waals surface area contributed by atoms with Crippen LogP contribution in [0.2, 0.25) is 0 Å². The molecule has 1 atom stereocenters. The standard InChI is InChI=1S/C21H26N6O2.ClH/c28-19(26-10-12-27(13-11-26)21-23-7-1-8-24-21)14-16-2-4-18(5-3-16)25-20(29)17-6-9-22-15-17;/h1-5,7-8,17,22H,6,9-15H2,(H,25,29);1H. The smallest absolute Gasteiger partial charge is 0.228 e. The monoisotopic (exact) mass is 430 g/mol. The highest BCUT2D eigenvalue weighted by atomic mass is 35.5. The molecule has 1 aromatic heterocycles. The highest BCUT2D eigenvalue weighted by molar-refractivity contribution is 5.93. The summed E-state index contributed by atoms with van der Waals surface area (Å²) in [7, 11) is 0. The molecule has 0 saturated carbocycles. The van der Waals surface area contributed by atoms with Gasteiger partial charge in [0.15, 0.2) is 0 Å². The average Bonchev–Trinajstić information content (AvgIpc) is 3.31. The van der Waals surface area contributed by atoms with Gasteiger partial charge in [0.2, 0.25) is 17.8 Å². The molecule has 3 heterocycles. The summed E-state index contributed by atoms with van der Waals surface area (Å²) < 4.78 is 0. The Morgan fingerprint density at radius 1 is 1.07 bits per heavy atom. The van der Waals surface area contributed by atoms with E-state index in [0.717, 1.165) is 43.9 Å². The highest BCUT2D eigenvalue weighted by Gasteiger charge is 2.23. The van der Waals surface area contributed by atoms with E-state index in [1.807, 2.05) is 29.2 Å². The van der Waals surface area contributed by atoms with Crippen LogP contribution in [0, 0.1) is 5.92 Å². The Hall–Kier alpha value is -2.71. The largest absolute Gasteiger partial charge is 0.339 e. The van der Waals surface area contributed by atoms with E-state index in [-0.39, 0.29) is 30.1 Å². The molecule has 9 heteroatoms. The predicted octanol–water partition coefficient (Wildman–Crippen LogP) is 1.34. The van der Waals surface area contributed by atoms with Gasteiger partial charge in [0, 0.05) is 50.8 Å². The van der Waals surface area contributed by atoms with E-state index in [1.165, 1.54) is 0 Å². The van der Waals surface area contributed by atoms with Crippen LogP contribution in [-0.2, 0) is 16.0 Å². The molecule has 4 rings (SSSR count). The average molecular weight is 431 g/mol. The number of piperazine rings is 1. The summed E-state index contributed by atoms with van der Waals surface area (Å²) in [6.45, 7) is 4.43. The van der Waals surface area contributed by atoms with E-state index in [1.54, 1.807) is 18.5 Å². The van der Waals surface area contributed by atoms with Gasteiger partial charge in [0.05, 0.1) is 12.3 Å². The maximum atomic E-state index is 12.6. The Kier molecular flexibility index (Phi) is 7.59. The van der Waals surface area contributed by atoms with Crippen LogP contribution < -0.4 is 15.5 Å². The van der Waals surface area contributed by atoms with E-state index in [4.69, 9.17) is 0 Å². The first-order valence-corrected chi connectivity index (χ1v) is 10.1. The summed E-state index contributed by atoms with van der Waals surface area (Å²) in [6.07, 6.45) is 4.71. The maximum Gasteiger partial charge on any atom is 0.228 e. The van der Waals surface area contributed by atoms with Crippen molar-refractivity contribution in [3.8, 4) is 0 Å². The SMILES string of the molecule is Cl.O=C(Nc1ccc(CC(=O)N2CCN(c3ncccn3)CC2)cc1)C1CCNC1. The molecule has 2 aliphatic rings. The van der Waals surface area contributed by atoms with Gasteiger partial charge in [-0.1, -0.05) is 12.1 Å². The summed E-state index contributed by atoms with van der Waals surface area (Å²) >= 11 is 0. The van der Waals surface area contributed by atoms with E-state index in [9.17, 15) is 9.59 Å². The van der Waals surface area contributed by atoms with Gasteiger partial charge < -0.3 is 20.4 Å². The van der Waals surface area contributed by atoms with Gasteiger partial charge in [-0.05, 0) is 36.7 Å². The molecule has 0 bridgehead atoms. The zero-order valence-corrected chi connectivity index (χ0v) is 17.6. The number of carbonyl (C=O) groups is 2. The summed E-state index contributed by atoms with van der Waals surface area (Å²) in [6, 6.07) is 9.36. The van der Waals surface area contributed by atoms with Crippen molar-refractivity contribution >= 4 is 35.9 Å². The molecule has 0 aliphatic carbocycles. The Morgan fingerprint density at radius 3 is 2.40 bits per heavy atom. The number of hydrogen-bond donors (Lipinski definition) is 2. The van der Waals surface area contributed by atoms with Gasteiger partial charge in [-0.2, -0.15) is 0 Å². The third-order valence-electron chi connectivity index (χ3n) is 5.48. The van der Waals surface area contributed by atoms with Crippen LogP contribution in [0.15, 0.2) is 42.7 Å². The van der Waals surface area contributed by atoms with Crippen LogP contribution in [0.25, 0.3) is 0 Å². The lowest BCUT2D eigenvalue weighted by molar-refractivity contribution is -0.130. The molecular weight excluding hydrogens is 404 g/mol. The molecule has 2 aromatic rings. The number of nitrogens with one attached hydrogen (secondary N) is 2. The summed E-state index contributed by atoms with van der Waals surface area (Å²) in [4.78, 5) is 37.4. The molecule has 1 unspecified atom stereocenters. The van der Waals surface area contributed by atoms with Crippen molar-refractivity contribution in [2.24, 2.45) is 5.92 Å². The van der Waals surface area contributed by atoms with Gasteiger partial charge in [-0.25, -0.2) is 9.97 Å². The molecule has 0 spiro atoms. The van der Waals surface area contributed by atoms with Crippen molar-refractivity contribution in [2.75, 3.05) is 49.5 Å². The fourth-order valence-corrected chi connectivity index (χ4v) is 3.73. The van der Waals surface area contributed by atoms with Gasteiger partial charge in [0.25, 0.3) is 0 Å². The van der Waals surface area contributed by atoms with Crippen LogP contribution >= 0.6 is 12.4 Å². The van der Waals surface area contributed by atoms with Crippen molar-refractivity contribution in [1.29, 1.82) is 0 Å². The molecular formula is C21H27ClN6O2. The number of anilines is 2. The Labute approximate surface area is 182 Å². The number of carbonyl (C=O) groups excluding carboxylic acids is 2. The number of halogens is 1. The molecule has 30 heavy (non-hydrogen) atoms. The van der Waals surface area contributed by atoms with Crippen LogP contribution in [0.5, 0.6) is 0 Å². The number of aromatic nitrogens is 2. The molecule has 1 aromatic carbocycles. The fraction of sp³-hybridized carbons (Fsp3) is 0.429. The van der Waals surface area contributed by atoms with Gasteiger partial charge in [-0.3, -0.25) is 9.59 Å². The number of benzene rings is 1. The van der Waals surface area contributed by atoms with Gasteiger partial charge in [-0.15, -0.1) is 12.4 Å². The maximum absolute atomic E-state index is 12.6. The quantitative estimate of drug-likeness (QED) is 0.743. The Morgan fingerprint density at radius 2 is 1.77 bits per heavy atom. The molecule has 2 N–H and O–H groups in total. The van der Waals surface area contributed by atoms with Crippen molar-refractivity contribution in [2.45, 2.75) is 12.8 Å². The third kappa shape index (κ3) is 5.46. The topological polar surface area (TPSA) is 90.5 Å². The second-order valence-corrected chi connectivity index (χ2v) is 7.47. The Bertz CT molecular complexity index is 834. The molecule has 2 aliphatic heterocycles. The van der Waals surface area contributed by atoms with E-state index < -0.39 is 0 Å². The van der Waals surface area contributed by atoms with Crippen molar-refractivity contribution in [3.05, 3.63) is 48.3 Å². The second kappa shape index (κ2) is 10.4. The first-order chi connectivity index (χ1) is 14.2. The lowest BCUT2D eigenvalue weighted by Crippen LogP contribution is -2.49. The van der Waals surface area contributed by atoms with E-state index >= 15 is 0 Å². The zero-order chi connectivity index (χ0) is 20.1. The first kappa shape index (κ1) is 22.0. The lowest BCUT2D eigenvalue weighted by atomic mass is 10.1. The minimum atomic E-state index is 0. The second-order valence-electron chi connectivity index (χ2n) is 7.47. The van der Waals surface area contributed by atoms with Crippen LogP contribution in [0.3, 0.4) is 0 Å². The summed E-state index contributed by atoms with van der Waals surface area (Å²) in [5.74, 6) is 0.924. The molecule has 2 amide bonds. The lowest BCUT2D eigenvalue weighted by Gasteiger charge is -2.34. The molecule has 2 fully saturated rings. The van der Waals surface area contributed by atoms with E-state index in [2.05, 4.69) is 25.5 Å². The minimum Gasteiger partial charge on any atom is -0.339 e. The van der Waals surface area contributed by atoms with Crippen LogP contribution in [-0.4, -0.2) is 66.0 Å². The van der Waals surface area contributed by atoms with Crippen molar-refractivity contribution < 1.29 is 9.59 Å². The number of hydrogen-bond acceptors (Lipinski definition) is 6. The van der Waals surface area contributed by atoms with Crippen molar-refractivity contribution in [3.63, 3.8) is 0 Å². The van der Waals surface area contributed by atoms with Crippen molar-refractivity contribution in [1.82, 2.24) is 20.2 Å². The van der Waals surface area contributed by atoms with Gasteiger partial charge in [0.1, 0.15) is 0 Å². The predicted molar refractivity (Wildman–Crippen MR) is 118 cm³/mol. The number of rotatable bonds is 5. The normalized spacial score (nSPS) is 18.6. The molecule has 8 nitrogen and oxygen atoms in total. The minimum absolute atomic E-state index is 0. The summed E-state index contributed by atoms with van der Waals surface area (Å²) in [5, 5.41) is 6.16. The van der Waals surface area contributed by atoms with Gasteiger partial charge >= 0.3 is 0 Å². The van der Waals surface area contributed by atoms with Crippen LogP contribution in [0.4, 0.5) is 11.6 Å². The first-order valence-electron chi connectivity index (χ1n) is 10.1. The number of amides is 2. The number of nitrogens with zero attached hydrogens (tertiary/aromatic N) is 4. The van der Waals surface area contributed by atoms with Crippen LogP contribution in [0.1, 0.15) is 12.0 Å². The fourth-order valence-electron chi connectivity index (χ4n) is 3.73.